The first-order chi connectivity index (χ1) is 14.6. The van der Waals surface area contributed by atoms with Crippen molar-refractivity contribution >= 4 is 22.5 Å². The van der Waals surface area contributed by atoms with Crippen LogP contribution >= 0.6 is 0 Å². The summed E-state index contributed by atoms with van der Waals surface area (Å²) in [5, 5.41) is 8.82. The monoisotopic (exact) mass is 407 g/mol. The van der Waals surface area contributed by atoms with Crippen LogP contribution in [-0.2, 0) is 16.0 Å². The molecule has 0 bridgehead atoms. The van der Waals surface area contributed by atoms with Crippen molar-refractivity contribution in [3.63, 3.8) is 0 Å². The van der Waals surface area contributed by atoms with Crippen LogP contribution < -0.4 is 5.32 Å². The Labute approximate surface area is 176 Å². The van der Waals surface area contributed by atoms with Crippen LogP contribution in [0.5, 0.6) is 0 Å². The third kappa shape index (κ3) is 3.56. The summed E-state index contributed by atoms with van der Waals surface area (Å²) in [5.74, 6) is 0.0617. The first-order valence-corrected chi connectivity index (χ1v) is 11.0. The highest BCUT2D eigenvalue weighted by Gasteiger charge is 2.32. The number of nitrogens with one attached hydrogen (secondary N) is 1. The molecule has 7 heteroatoms. The molecule has 0 unspecified atom stereocenters. The van der Waals surface area contributed by atoms with Gasteiger partial charge in [0.1, 0.15) is 0 Å². The lowest BCUT2D eigenvalue weighted by Gasteiger charge is -2.35. The molecule has 7 nitrogen and oxygen atoms in total. The van der Waals surface area contributed by atoms with Gasteiger partial charge in [-0.3, -0.25) is 9.69 Å². The van der Waals surface area contributed by atoms with Gasteiger partial charge in [0.2, 0.25) is 5.91 Å². The van der Waals surface area contributed by atoms with Crippen LogP contribution in [0.2, 0.25) is 0 Å². The number of benzene rings is 1. The average Bonchev–Trinajstić information content (AvgIpc) is 3.36. The van der Waals surface area contributed by atoms with Gasteiger partial charge in [-0.2, -0.15) is 5.10 Å². The van der Waals surface area contributed by atoms with Gasteiger partial charge < -0.3 is 10.1 Å². The molecule has 30 heavy (non-hydrogen) atoms. The minimum Gasteiger partial charge on any atom is -0.373 e. The summed E-state index contributed by atoms with van der Waals surface area (Å²) in [5.41, 5.74) is 4.93. The summed E-state index contributed by atoms with van der Waals surface area (Å²) in [4.78, 5) is 19.8. The molecule has 0 saturated carbocycles. The van der Waals surface area contributed by atoms with E-state index < -0.39 is 0 Å². The fraction of sp³-hybridized carbons (Fsp3) is 0.522. The number of ether oxygens (including phenoxy) is 1. The van der Waals surface area contributed by atoms with E-state index in [2.05, 4.69) is 17.1 Å². The predicted octanol–water partition coefficient (Wildman–Crippen LogP) is 2.41. The van der Waals surface area contributed by atoms with Gasteiger partial charge in [0.25, 0.3) is 0 Å². The second kappa shape index (κ2) is 7.96. The van der Waals surface area contributed by atoms with E-state index in [9.17, 15) is 4.79 Å². The highest BCUT2D eigenvalue weighted by molar-refractivity contribution is 5.92. The molecule has 0 aliphatic carbocycles. The lowest BCUT2D eigenvalue weighted by molar-refractivity contribution is -0.122. The van der Waals surface area contributed by atoms with E-state index in [0.717, 1.165) is 53.2 Å². The Balaban J connectivity index is 1.22. The van der Waals surface area contributed by atoms with E-state index in [0.29, 0.717) is 25.4 Å². The average molecular weight is 408 g/mol. The van der Waals surface area contributed by atoms with Gasteiger partial charge in [0, 0.05) is 42.3 Å². The number of hydrogen-bond acceptors (Lipinski definition) is 5. The number of hydrogen-bond donors (Lipinski definition) is 1. The van der Waals surface area contributed by atoms with Crippen LogP contribution in [-0.4, -0.2) is 63.8 Å². The standard InChI is InChI=1S/C23H29N5O2/c1-15-19(16(2)28-23(25-15)20-7-3-4-8-21(20)26-28)9-10-22(29)24-12-18-13-27-11-5-6-17(27)14-30-18/h3-4,7-8,17-18H,5-6,9-14H2,1-2H3,(H,24,29)/t17-,18-/m0/s1. The van der Waals surface area contributed by atoms with Gasteiger partial charge >= 0.3 is 0 Å². The smallest absolute Gasteiger partial charge is 0.220 e. The van der Waals surface area contributed by atoms with Crippen molar-refractivity contribution in [2.75, 3.05) is 26.2 Å². The molecule has 5 rings (SSSR count). The third-order valence-corrected chi connectivity index (χ3v) is 6.61. The van der Waals surface area contributed by atoms with E-state index >= 15 is 0 Å². The minimum absolute atomic E-state index is 0.0617. The van der Waals surface area contributed by atoms with Crippen LogP contribution in [0.1, 0.15) is 36.2 Å². The fourth-order valence-corrected chi connectivity index (χ4v) is 4.90. The molecule has 2 aliphatic rings. The normalized spacial score (nSPS) is 21.9. The highest BCUT2D eigenvalue weighted by Crippen LogP contribution is 2.24. The first kappa shape index (κ1) is 19.5. The number of morpholine rings is 1. The van der Waals surface area contributed by atoms with Gasteiger partial charge in [0.05, 0.1) is 18.2 Å². The third-order valence-electron chi connectivity index (χ3n) is 6.61. The van der Waals surface area contributed by atoms with Crippen molar-refractivity contribution in [2.24, 2.45) is 0 Å². The van der Waals surface area contributed by atoms with Crippen LogP contribution in [0, 0.1) is 13.8 Å². The Morgan fingerprint density at radius 3 is 3.07 bits per heavy atom. The maximum absolute atomic E-state index is 12.5. The van der Waals surface area contributed by atoms with Crippen molar-refractivity contribution in [1.29, 1.82) is 0 Å². The Morgan fingerprint density at radius 1 is 1.30 bits per heavy atom. The molecular formula is C23H29N5O2. The number of fused-ring (bicyclic) bond motifs is 4. The molecule has 2 atom stereocenters. The van der Waals surface area contributed by atoms with Crippen molar-refractivity contribution < 1.29 is 9.53 Å². The van der Waals surface area contributed by atoms with Crippen LogP contribution in [0.3, 0.4) is 0 Å². The summed E-state index contributed by atoms with van der Waals surface area (Å²) < 4.78 is 7.85. The number of aromatic nitrogens is 3. The molecule has 1 N–H and O–H groups in total. The van der Waals surface area contributed by atoms with Gasteiger partial charge in [-0.05, 0) is 57.4 Å². The lowest BCUT2D eigenvalue weighted by Crippen LogP contribution is -2.50. The zero-order valence-electron chi connectivity index (χ0n) is 17.7. The second-order valence-corrected chi connectivity index (χ2v) is 8.56. The van der Waals surface area contributed by atoms with Gasteiger partial charge in [0.15, 0.2) is 5.65 Å². The van der Waals surface area contributed by atoms with E-state index in [-0.39, 0.29) is 12.0 Å². The zero-order valence-corrected chi connectivity index (χ0v) is 17.7. The molecule has 1 aromatic carbocycles. The molecule has 2 saturated heterocycles. The highest BCUT2D eigenvalue weighted by atomic mass is 16.5. The molecule has 0 spiro atoms. The molecule has 2 aliphatic heterocycles. The predicted molar refractivity (Wildman–Crippen MR) is 116 cm³/mol. The maximum atomic E-state index is 12.5. The van der Waals surface area contributed by atoms with Gasteiger partial charge in [-0.15, -0.1) is 0 Å². The van der Waals surface area contributed by atoms with E-state index in [4.69, 9.17) is 14.8 Å². The van der Waals surface area contributed by atoms with E-state index in [1.165, 1.54) is 12.8 Å². The van der Waals surface area contributed by atoms with E-state index in [1.807, 2.05) is 35.7 Å². The summed E-state index contributed by atoms with van der Waals surface area (Å²) in [7, 11) is 0. The number of amides is 1. The number of nitrogens with zero attached hydrogens (tertiary/aromatic N) is 4. The quantitative estimate of drug-likeness (QED) is 0.703. The Bertz CT molecular complexity index is 1090. The molecular weight excluding hydrogens is 378 g/mol. The summed E-state index contributed by atoms with van der Waals surface area (Å²) in [6, 6.07) is 8.64. The molecule has 2 aromatic heterocycles. The van der Waals surface area contributed by atoms with Crippen molar-refractivity contribution in [3.05, 3.63) is 41.2 Å². The fourth-order valence-electron chi connectivity index (χ4n) is 4.90. The number of rotatable bonds is 5. The molecule has 1 amide bonds. The number of carbonyl (C=O) groups excluding carboxylic acids is 1. The van der Waals surface area contributed by atoms with Gasteiger partial charge in [-0.1, -0.05) is 12.1 Å². The van der Waals surface area contributed by atoms with Crippen LogP contribution in [0.25, 0.3) is 16.6 Å². The van der Waals surface area contributed by atoms with Crippen LogP contribution in [0.15, 0.2) is 24.3 Å². The van der Waals surface area contributed by atoms with Gasteiger partial charge in [-0.25, -0.2) is 9.50 Å². The van der Waals surface area contributed by atoms with Crippen molar-refractivity contribution in [2.45, 2.75) is 51.7 Å². The lowest BCUT2D eigenvalue weighted by atomic mass is 10.1. The Kier molecular flexibility index (Phi) is 5.16. The van der Waals surface area contributed by atoms with Crippen molar-refractivity contribution in [1.82, 2.24) is 24.8 Å². The van der Waals surface area contributed by atoms with Crippen molar-refractivity contribution in [3.8, 4) is 0 Å². The van der Waals surface area contributed by atoms with Crippen LogP contribution in [0.4, 0.5) is 0 Å². The first-order valence-electron chi connectivity index (χ1n) is 11.0. The topological polar surface area (TPSA) is 71.8 Å². The summed E-state index contributed by atoms with van der Waals surface area (Å²) >= 11 is 0. The second-order valence-electron chi connectivity index (χ2n) is 8.56. The summed E-state index contributed by atoms with van der Waals surface area (Å²) in [6.45, 7) is 7.55. The van der Waals surface area contributed by atoms with E-state index in [1.54, 1.807) is 0 Å². The molecule has 4 heterocycles. The molecule has 158 valence electrons. The summed E-state index contributed by atoms with van der Waals surface area (Å²) in [6.07, 6.45) is 3.69. The molecule has 0 radical (unpaired) electrons. The zero-order chi connectivity index (χ0) is 20.7. The number of carbonyl (C=O) groups is 1. The molecule has 3 aromatic rings. The SMILES string of the molecule is Cc1nc2c3ccccc3nn2c(C)c1CCC(=O)NC[C@H]1CN2CCC[C@H]2CO1. The minimum atomic E-state index is 0.0617. The Hall–Kier alpha value is -2.51. The Morgan fingerprint density at radius 2 is 2.17 bits per heavy atom. The number of aryl methyl sites for hydroxylation is 2. The molecule has 2 fully saturated rings. The largest absolute Gasteiger partial charge is 0.373 e. The maximum Gasteiger partial charge on any atom is 0.220 e.